The van der Waals surface area contributed by atoms with Gasteiger partial charge in [0.05, 0.1) is 0 Å². The summed E-state index contributed by atoms with van der Waals surface area (Å²) in [6.07, 6.45) is 6.29. The molecule has 1 fully saturated rings. The van der Waals surface area contributed by atoms with E-state index in [4.69, 9.17) is 9.97 Å². The number of hydrogen-bond donors (Lipinski definition) is 0. The van der Waals surface area contributed by atoms with Gasteiger partial charge in [0.25, 0.3) is 0 Å². The minimum Gasteiger partial charge on any atom is -0.356 e. The molecule has 0 amide bonds. The molecule has 0 radical (unpaired) electrons. The van der Waals surface area contributed by atoms with Crippen molar-refractivity contribution >= 4 is 17.5 Å². The highest BCUT2D eigenvalue weighted by Gasteiger charge is 2.23. The van der Waals surface area contributed by atoms with Gasteiger partial charge in [0.2, 0.25) is 5.95 Å². The zero-order valence-corrected chi connectivity index (χ0v) is 13.8. The Hall–Kier alpha value is -2.10. The molecule has 2 aromatic rings. The lowest BCUT2D eigenvalue weighted by Crippen LogP contribution is -2.26. The second-order valence-corrected chi connectivity index (χ2v) is 6.60. The number of benzene rings is 1. The van der Waals surface area contributed by atoms with Crippen LogP contribution in [-0.2, 0) is 6.42 Å². The number of hydrogen-bond acceptors (Lipinski definition) is 4. The Morgan fingerprint density at radius 2 is 1.70 bits per heavy atom. The summed E-state index contributed by atoms with van der Waals surface area (Å²) >= 11 is 0. The van der Waals surface area contributed by atoms with Crippen molar-refractivity contribution in [2.75, 3.05) is 29.4 Å². The zero-order valence-electron chi connectivity index (χ0n) is 13.8. The molecule has 1 aromatic carbocycles. The van der Waals surface area contributed by atoms with E-state index in [0.717, 1.165) is 43.5 Å². The van der Waals surface area contributed by atoms with Gasteiger partial charge in [-0.15, -0.1) is 0 Å². The van der Waals surface area contributed by atoms with E-state index < -0.39 is 0 Å². The Labute approximate surface area is 138 Å². The van der Waals surface area contributed by atoms with Crippen LogP contribution in [0.4, 0.5) is 17.5 Å². The normalized spacial score (nSPS) is 18.0. The second kappa shape index (κ2) is 6.19. The first kappa shape index (κ1) is 14.5. The summed E-state index contributed by atoms with van der Waals surface area (Å²) in [4.78, 5) is 14.3. The van der Waals surface area contributed by atoms with E-state index in [0.29, 0.717) is 0 Å². The third-order valence-electron chi connectivity index (χ3n) is 4.89. The standard InChI is InChI=1S/C19H24N4/c1-15-14-18(22-11-6-2-3-7-12-22)21-19(20-15)23-13-10-16-8-4-5-9-17(16)23/h4-5,8-9,14H,2-3,6-7,10-13H2,1H3. The van der Waals surface area contributed by atoms with Crippen LogP contribution in [0.3, 0.4) is 0 Å². The van der Waals surface area contributed by atoms with Gasteiger partial charge in [-0.1, -0.05) is 31.0 Å². The van der Waals surface area contributed by atoms with Crippen molar-refractivity contribution in [1.29, 1.82) is 0 Å². The Morgan fingerprint density at radius 1 is 0.913 bits per heavy atom. The molecule has 23 heavy (non-hydrogen) atoms. The third-order valence-corrected chi connectivity index (χ3v) is 4.89. The molecule has 0 aliphatic carbocycles. The van der Waals surface area contributed by atoms with Crippen LogP contribution in [0.15, 0.2) is 30.3 Å². The van der Waals surface area contributed by atoms with Gasteiger partial charge >= 0.3 is 0 Å². The Balaban J connectivity index is 1.67. The van der Waals surface area contributed by atoms with E-state index in [1.54, 1.807) is 0 Å². The highest BCUT2D eigenvalue weighted by Crippen LogP contribution is 2.33. The third kappa shape index (κ3) is 2.90. The SMILES string of the molecule is Cc1cc(N2CCCCCC2)nc(N2CCc3ccccc32)n1. The number of para-hydroxylation sites is 1. The molecule has 120 valence electrons. The fourth-order valence-corrected chi connectivity index (χ4v) is 3.67. The van der Waals surface area contributed by atoms with Crippen molar-refractivity contribution in [1.82, 2.24) is 9.97 Å². The summed E-state index contributed by atoms with van der Waals surface area (Å²) in [6.45, 7) is 5.29. The van der Waals surface area contributed by atoms with Crippen LogP contribution in [0.1, 0.15) is 36.9 Å². The fraction of sp³-hybridized carbons (Fsp3) is 0.474. The van der Waals surface area contributed by atoms with Crippen LogP contribution in [0.2, 0.25) is 0 Å². The predicted octanol–water partition coefficient (Wildman–Crippen LogP) is 3.86. The first-order valence-electron chi connectivity index (χ1n) is 8.77. The van der Waals surface area contributed by atoms with Crippen LogP contribution in [0.25, 0.3) is 0 Å². The molecule has 0 atom stereocenters. The number of aromatic nitrogens is 2. The maximum Gasteiger partial charge on any atom is 0.232 e. The van der Waals surface area contributed by atoms with E-state index in [-0.39, 0.29) is 0 Å². The number of aryl methyl sites for hydroxylation is 1. The first-order valence-corrected chi connectivity index (χ1v) is 8.77. The van der Waals surface area contributed by atoms with Gasteiger partial charge in [-0.3, -0.25) is 0 Å². The highest BCUT2D eigenvalue weighted by molar-refractivity contribution is 5.66. The summed E-state index contributed by atoms with van der Waals surface area (Å²) in [5.74, 6) is 1.95. The van der Waals surface area contributed by atoms with Crippen molar-refractivity contribution in [3.05, 3.63) is 41.6 Å². The second-order valence-electron chi connectivity index (χ2n) is 6.60. The van der Waals surface area contributed by atoms with E-state index in [9.17, 15) is 0 Å². The summed E-state index contributed by atoms with van der Waals surface area (Å²) in [6, 6.07) is 10.7. The molecule has 4 heteroatoms. The van der Waals surface area contributed by atoms with Crippen molar-refractivity contribution < 1.29 is 0 Å². The number of fused-ring (bicyclic) bond motifs is 1. The summed E-state index contributed by atoms with van der Waals surface area (Å²) < 4.78 is 0. The molecule has 2 aliphatic rings. The first-order chi connectivity index (χ1) is 11.3. The largest absolute Gasteiger partial charge is 0.356 e. The lowest BCUT2D eigenvalue weighted by molar-refractivity contribution is 0.726. The predicted molar refractivity (Wildman–Crippen MR) is 94.6 cm³/mol. The van der Waals surface area contributed by atoms with E-state index >= 15 is 0 Å². The summed E-state index contributed by atoms with van der Waals surface area (Å²) in [5.41, 5.74) is 3.72. The van der Waals surface area contributed by atoms with Crippen LogP contribution in [-0.4, -0.2) is 29.6 Å². The number of rotatable bonds is 2. The molecule has 4 rings (SSSR count). The maximum atomic E-state index is 4.92. The average molecular weight is 308 g/mol. The van der Waals surface area contributed by atoms with E-state index in [2.05, 4.69) is 47.1 Å². The molecule has 0 saturated carbocycles. The molecule has 0 N–H and O–H groups in total. The zero-order chi connectivity index (χ0) is 15.6. The van der Waals surface area contributed by atoms with Crippen LogP contribution in [0.5, 0.6) is 0 Å². The van der Waals surface area contributed by atoms with Gasteiger partial charge in [0.15, 0.2) is 0 Å². The Morgan fingerprint density at radius 3 is 2.52 bits per heavy atom. The van der Waals surface area contributed by atoms with Gasteiger partial charge in [-0.2, -0.15) is 4.98 Å². The van der Waals surface area contributed by atoms with Crippen molar-refractivity contribution in [3.8, 4) is 0 Å². The average Bonchev–Trinajstić information content (AvgIpc) is 2.80. The van der Waals surface area contributed by atoms with Crippen molar-refractivity contribution in [2.45, 2.75) is 39.0 Å². The quantitative estimate of drug-likeness (QED) is 0.843. The molecule has 1 saturated heterocycles. The van der Waals surface area contributed by atoms with Crippen LogP contribution >= 0.6 is 0 Å². The molecule has 2 aliphatic heterocycles. The van der Waals surface area contributed by atoms with Gasteiger partial charge < -0.3 is 9.80 Å². The van der Waals surface area contributed by atoms with Crippen LogP contribution < -0.4 is 9.80 Å². The lowest BCUT2D eigenvalue weighted by atomic mass is 10.2. The molecule has 3 heterocycles. The molecule has 1 aromatic heterocycles. The molecule has 0 spiro atoms. The maximum absolute atomic E-state index is 4.92. The van der Waals surface area contributed by atoms with Gasteiger partial charge in [0, 0.05) is 37.1 Å². The van der Waals surface area contributed by atoms with E-state index in [1.807, 2.05) is 0 Å². The summed E-state index contributed by atoms with van der Waals surface area (Å²) in [7, 11) is 0. The number of anilines is 3. The topological polar surface area (TPSA) is 32.3 Å². The molecular formula is C19H24N4. The molecule has 0 bridgehead atoms. The van der Waals surface area contributed by atoms with Crippen molar-refractivity contribution in [2.24, 2.45) is 0 Å². The van der Waals surface area contributed by atoms with Crippen molar-refractivity contribution in [3.63, 3.8) is 0 Å². The van der Waals surface area contributed by atoms with Gasteiger partial charge in [-0.25, -0.2) is 4.98 Å². The fourth-order valence-electron chi connectivity index (χ4n) is 3.67. The number of nitrogens with zero attached hydrogens (tertiary/aromatic N) is 4. The minimum atomic E-state index is 0.856. The smallest absolute Gasteiger partial charge is 0.232 e. The monoisotopic (exact) mass is 308 g/mol. The molecule has 4 nitrogen and oxygen atoms in total. The van der Waals surface area contributed by atoms with Gasteiger partial charge in [-0.05, 0) is 37.8 Å². The Kier molecular flexibility index (Phi) is 3.90. The molecular weight excluding hydrogens is 284 g/mol. The van der Waals surface area contributed by atoms with Gasteiger partial charge in [0.1, 0.15) is 5.82 Å². The Bertz CT molecular complexity index is 690. The highest BCUT2D eigenvalue weighted by atomic mass is 15.3. The lowest BCUT2D eigenvalue weighted by Gasteiger charge is -2.24. The van der Waals surface area contributed by atoms with Crippen LogP contribution in [0, 0.1) is 6.92 Å². The molecule has 0 unspecified atom stereocenters. The summed E-state index contributed by atoms with van der Waals surface area (Å²) in [5, 5.41) is 0. The minimum absolute atomic E-state index is 0.856. The van der Waals surface area contributed by atoms with E-state index in [1.165, 1.54) is 36.9 Å².